The van der Waals surface area contributed by atoms with Crippen LogP contribution in [0.4, 0.5) is 0 Å². The Morgan fingerprint density at radius 2 is 1.92 bits per heavy atom. The van der Waals surface area contributed by atoms with Crippen molar-refractivity contribution in [2.24, 2.45) is 5.41 Å². The van der Waals surface area contributed by atoms with Crippen LogP contribution in [0.5, 0.6) is 0 Å². The van der Waals surface area contributed by atoms with Crippen LogP contribution in [0, 0.1) is 5.41 Å². The molecule has 0 aliphatic heterocycles. The fourth-order valence-corrected chi connectivity index (χ4v) is 1.09. The Morgan fingerprint density at radius 3 is 2.31 bits per heavy atom. The molecule has 0 aromatic carbocycles. The Morgan fingerprint density at radius 1 is 1.38 bits per heavy atom. The molecule has 0 aliphatic carbocycles. The second-order valence-electron chi connectivity index (χ2n) is 4.24. The van der Waals surface area contributed by atoms with Crippen molar-refractivity contribution in [2.45, 2.75) is 46.1 Å². The molecule has 2 heteroatoms. The summed E-state index contributed by atoms with van der Waals surface area (Å²) in [7, 11) is 0. The molecule has 0 aromatic rings. The van der Waals surface area contributed by atoms with Gasteiger partial charge < -0.3 is 10.2 Å². The quantitative estimate of drug-likeness (QED) is 0.492. The molecule has 0 aromatic heterocycles. The minimum Gasteiger partial charge on any atom is -0.396 e. The van der Waals surface area contributed by atoms with Gasteiger partial charge in [0.1, 0.15) is 0 Å². The number of unbranched alkanes of at least 4 members (excludes halogenated alkanes) is 1. The van der Waals surface area contributed by atoms with Crippen molar-refractivity contribution >= 4 is 0 Å². The summed E-state index contributed by atoms with van der Waals surface area (Å²) in [6, 6.07) is 0. The lowest BCUT2D eigenvalue weighted by molar-refractivity contribution is 0.0634. The normalized spacial score (nSPS) is 14.2. The van der Waals surface area contributed by atoms with Gasteiger partial charge in [-0.15, -0.1) is 0 Å². The van der Waals surface area contributed by atoms with Crippen molar-refractivity contribution in [3.05, 3.63) is 12.2 Å². The molecule has 0 heterocycles. The molecule has 0 rings (SSSR count). The van der Waals surface area contributed by atoms with Gasteiger partial charge in [0.15, 0.2) is 0 Å². The summed E-state index contributed by atoms with van der Waals surface area (Å²) < 4.78 is 0. The molecule has 0 fully saturated rings. The highest BCUT2D eigenvalue weighted by molar-refractivity contribution is 5.06. The standard InChI is InChI=1S/C11H22O2/c1-9(2)11(3,4)10(13)7-5-6-8-12/h10,12-13H,1,5-8H2,2-4H3. The smallest absolute Gasteiger partial charge is 0.0628 e. The van der Waals surface area contributed by atoms with Crippen molar-refractivity contribution in [3.8, 4) is 0 Å². The highest BCUT2D eigenvalue weighted by atomic mass is 16.3. The van der Waals surface area contributed by atoms with Crippen molar-refractivity contribution < 1.29 is 10.2 Å². The van der Waals surface area contributed by atoms with Crippen LogP contribution in [0.25, 0.3) is 0 Å². The van der Waals surface area contributed by atoms with E-state index >= 15 is 0 Å². The monoisotopic (exact) mass is 186 g/mol. The first-order valence-corrected chi connectivity index (χ1v) is 4.87. The average Bonchev–Trinajstić information content (AvgIpc) is 2.04. The fourth-order valence-electron chi connectivity index (χ4n) is 1.09. The van der Waals surface area contributed by atoms with Crippen LogP contribution in [0.15, 0.2) is 12.2 Å². The summed E-state index contributed by atoms with van der Waals surface area (Å²) in [5.41, 5.74) is 0.791. The Bertz CT molecular complexity index is 161. The van der Waals surface area contributed by atoms with E-state index in [0.717, 1.165) is 24.8 Å². The molecule has 0 saturated heterocycles. The molecule has 78 valence electrons. The summed E-state index contributed by atoms with van der Waals surface area (Å²) in [6.07, 6.45) is 2.02. The number of aliphatic hydroxyl groups excluding tert-OH is 2. The van der Waals surface area contributed by atoms with E-state index in [1.54, 1.807) is 0 Å². The van der Waals surface area contributed by atoms with E-state index in [1.165, 1.54) is 0 Å². The van der Waals surface area contributed by atoms with E-state index < -0.39 is 0 Å². The topological polar surface area (TPSA) is 40.5 Å². The van der Waals surface area contributed by atoms with Crippen LogP contribution >= 0.6 is 0 Å². The highest BCUT2D eigenvalue weighted by Gasteiger charge is 2.27. The maximum atomic E-state index is 9.83. The van der Waals surface area contributed by atoms with Gasteiger partial charge in [-0.3, -0.25) is 0 Å². The zero-order valence-corrected chi connectivity index (χ0v) is 9.01. The summed E-state index contributed by atoms with van der Waals surface area (Å²) in [5.74, 6) is 0. The zero-order valence-electron chi connectivity index (χ0n) is 9.01. The molecule has 1 atom stereocenters. The predicted molar refractivity (Wildman–Crippen MR) is 55.5 cm³/mol. The summed E-state index contributed by atoms with van der Waals surface area (Å²) >= 11 is 0. The zero-order chi connectivity index (χ0) is 10.5. The largest absolute Gasteiger partial charge is 0.396 e. The van der Waals surface area contributed by atoms with E-state index in [9.17, 15) is 5.11 Å². The van der Waals surface area contributed by atoms with E-state index in [2.05, 4.69) is 6.58 Å². The predicted octanol–water partition coefficient (Wildman–Crippen LogP) is 2.11. The summed E-state index contributed by atoms with van der Waals surface area (Å²) in [5, 5.41) is 18.4. The molecule has 1 unspecified atom stereocenters. The van der Waals surface area contributed by atoms with E-state index in [0.29, 0.717) is 0 Å². The van der Waals surface area contributed by atoms with E-state index in [1.807, 2.05) is 20.8 Å². The van der Waals surface area contributed by atoms with Crippen molar-refractivity contribution in [2.75, 3.05) is 6.61 Å². The van der Waals surface area contributed by atoms with Crippen molar-refractivity contribution in [1.82, 2.24) is 0 Å². The third-order valence-electron chi connectivity index (χ3n) is 2.82. The molecular formula is C11H22O2. The molecule has 0 aliphatic rings. The third kappa shape index (κ3) is 3.92. The minimum absolute atomic E-state index is 0.209. The van der Waals surface area contributed by atoms with Gasteiger partial charge in [0.2, 0.25) is 0 Å². The minimum atomic E-state index is -0.350. The Labute approximate surface area is 81.3 Å². The molecule has 2 N–H and O–H groups in total. The number of hydrogen-bond acceptors (Lipinski definition) is 2. The van der Waals surface area contributed by atoms with Gasteiger partial charge in [0.25, 0.3) is 0 Å². The first-order valence-electron chi connectivity index (χ1n) is 4.87. The first kappa shape index (κ1) is 12.7. The number of aliphatic hydroxyl groups is 2. The van der Waals surface area contributed by atoms with Crippen LogP contribution in [-0.2, 0) is 0 Å². The van der Waals surface area contributed by atoms with Gasteiger partial charge in [-0.05, 0) is 26.2 Å². The number of rotatable bonds is 6. The van der Waals surface area contributed by atoms with Crippen LogP contribution in [0.3, 0.4) is 0 Å². The molecular weight excluding hydrogens is 164 g/mol. The fraction of sp³-hybridized carbons (Fsp3) is 0.818. The van der Waals surface area contributed by atoms with Gasteiger partial charge in [-0.2, -0.15) is 0 Å². The van der Waals surface area contributed by atoms with Crippen LogP contribution < -0.4 is 0 Å². The molecule has 0 amide bonds. The van der Waals surface area contributed by atoms with Crippen molar-refractivity contribution in [3.63, 3.8) is 0 Å². The Kier molecular flexibility index (Phi) is 5.26. The average molecular weight is 186 g/mol. The highest BCUT2D eigenvalue weighted by Crippen LogP contribution is 2.31. The third-order valence-corrected chi connectivity index (χ3v) is 2.82. The molecule has 2 nitrogen and oxygen atoms in total. The van der Waals surface area contributed by atoms with Gasteiger partial charge in [0, 0.05) is 12.0 Å². The lowest BCUT2D eigenvalue weighted by atomic mass is 9.78. The Hall–Kier alpha value is -0.340. The van der Waals surface area contributed by atoms with Gasteiger partial charge in [-0.25, -0.2) is 0 Å². The maximum Gasteiger partial charge on any atom is 0.0628 e. The molecule has 0 saturated carbocycles. The molecule has 13 heavy (non-hydrogen) atoms. The van der Waals surface area contributed by atoms with E-state index in [4.69, 9.17) is 5.11 Å². The van der Waals surface area contributed by atoms with Gasteiger partial charge >= 0.3 is 0 Å². The summed E-state index contributed by atoms with van der Waals surface area (Å²) in [6.45, 7) is 10.0. The van der Waals surface area contributed by atoms with Gasteiger partial charge in [0.05, 0.1) is 6.10 Å². The molecule has 0 spiro atoms. The van der Waals surface area contributed by atoms with Crippen molar-refractivity contribution in [1.29, 1.82) is 0 Å². The molecule has 0 radical (unpaired) electrons. The Balaban J connectivity index is 3.94. The second kappa shape index (κ2) is 5.40. The maximum absolute atomic E-state index is 9.83. The van der Waals surface area contributed by atoms with E-state index in [-0.39, 0.29) is 18.1 Å². The second-order valence-corrected chi connectivity index (χ2v) is 4.24. The lowest BCUT2D eigenvalue weighted by Gasteiger charge is -2.31. The van der Waals surface area contributed by atoms with Crippen LogP contribution in [0.1, 0.15) is 40.0 Å². The van der Waals surface area contributed by atoms with Gasteiger partial charge in [-0.1, -0.05) is 26.0 Å². The number of hydrogen-bond donors (Lipinski definition) is 2. The molecule has 0 bridgehead atoms. The van der Waals surface area contributed by atoms with Crippen LogP contribution in [0.2, 0.25) is 0 Å². The van der Waals surface area contributed by atoms with Crippen LogP contribution in [-0.4, -0.2) is 22.9 Å². The SMILES string of the molecule is C=C(C)C(C)(C)C(O)CCCCO. The summed E-state index contributed by atoms with van der Waals surface area (Å²) in [4.78, 5) is 0. The first-order chi connectivity index (χ1) is 5.92. The lowest BCUT2D eigenvalue weighted by Crippen LogP contribution is -2.30.